The number of aliphatic hydroxyl groups excluding tert-OH is 1. The Morgan fingerprint density at radius 3 is 2.52 bits per heavy atom. The molecule has 1 fully saturated rings. The average molecular weight is 340 g/mol. The van der Waals surface area contributed by atoms with Gasteiger partial charge in [-0.25, -0.2) is 0 Å². The highest BCUT2D eigenvalue weighted by Crippen LogP contribution is 2.26. The van der Waals surface area contributed by atoms with Crippen molar-refractivity contribution in [2.75, 3.05) is 38.2 Å². The van der Waals surface area contributed by atoms with Crippen LogP contribution >= 0.6 is 11.8 Å². The Kier molecular flexibility index (Phi) is 6.37. The van der Waals surface area contributed by atoms with Crippen LogP contribution in [0.15, 0.2) is 24.3 Å². The molecule has 1 N–H and O–H groups in total. The number of nitro groups is 1. The van der Waals surface area contributed by atoms with Crippen LogP contribution in [-0.4, -0.2) is 59.1 Å². The van der Waals surface area contributed by atoms with Gasteiger partial charge in [0.1, 0.15) is 0 Å². The van der Waals surface area contributed by atoms with Crippen molar-refractivity contribution in [3.8, 4) is 0 Å². The van der Waals surface area contributed by atoms with Crippen molar-refractivity contribution in [1.29, 1.82) is 0 Å². The number of aliphatic hydroxyl groups is 1. The molecule has 0 saturated carbocycles. The van der Waals surface area contributed by atoms with Crippen LogP contribution in [0.5, 0.6) is 0 Å². The number of non-ortho nitro benzene ring substituents is 1. The first kappa shape index (κ1) is 17.7. The fourth-order valence-corrected chi connectivity index (χ4v) is 3.52. The number of hydrogen-bond acceptors (Lipinski definition) is 7. The van der Waals surface area contributed by atoms with Crippen molar-refractivity contribution in [3.05, 3.63) is 39.9 Å². The number of carbonyl (C=O) groups is 1. The summed E-state index contributed by atoms with van der Waals surface area (Å²) in [4.78, 5) is 24.4. The summed E-state index contributed by atoms with van der Waals surface area (Å²) in [6, 6.07) is 5.60. The molecule has 2 unspecified atom stereocenters. The Morgan fingerprint density at radius 1 is 1.39 bits per heavy atom. The molecule has 7 nitrogen and oxygen atoms in total. The topological polar surface area (TPSA) is 92.9 Å². The molecule has 2 rings (SSSR count). The number of thioether (sulfide) groups is 1. The maximum absolute atomic E-state index is 12.1. The number of methoxy groups -OCH3 is 1. The van der Waals surface area contributed by atoms with E-state index in [1.54, 1.807) is 0 Å². The molecular formula is C15H20N2O5S. The van der Waals surface area contributed by atoms with Crippen LogP contribution in [0.4, 0.5) is 5.69 Å². The molecule has 0 amide bonds. The predicted molar refractivity (Wildman–Crippen MR) is 87.3 cm³/mol. The molecule has 1 aromatic rings. The van der Waals surface area contributed by atoms with E-state index in [1.807, 2.05) is 11.8 Å². The van der Waals surface area contributed by atoms with Crippen molar-refractivity contribution in [3.63, 3.8) is 0 Å². The summed E-state index contributed by atoms with van der Waals surface area (Å²) < 4.78 is 4.82. The van der Waals surface area contributed by atoms with Crippen LogP contribution in [0.1, 0.15) is 11.7 Å². The number of nitrogens with zero attached hydrogens (tertiary/aromatic N) is 2. The highest BCUT2D eigenvalue weighted by Gasteiger charge is 2.31. The van der Waals surface area contributed by atoms with Crippen LogP contribution in [0, 0.1) is 16.0 Å². The van der Waals surface area contributed by atoms with Crippen LogP contribution in [0.2, 0.25) is 0 Å². The molecule has 23 heavy (non-hydrogen) atoms. The van der Waals surface area contributed by atoms with E-state index in [1.165, 1.54) is 31.4 Å². The second-order valence-corrected chi connectivity index (χ2v) is 6.56. The summed E-state index contributed by atoms with van der Waals surface area (Å²) in [6.07, 6.45) is -1.06. The SMILES string of the molecule is COC(=O)C(CN1CCSCC1)C(O)c1ccc([N+](=O)[O-])cc1. The van der Waals surface area contributed by atoms with Gasteiger partial charge in [-0.15, -0.1) is 0 Å². The van der Waals surface area contributed by atoms with Gasteiger partial charge < -0.3 is 14.7 Å². The minimum atomic E-state index is -1.06. The quantitative estimate of drug-likeness (QED) is 0.476. The summed E-state index contributed by atoms with van der Waals surface area (Å²) in [6.45, 7) is 2.14. The lowest BCUT2D eigenvalue weighted by Crippen LogP contribution is -2.41. The maximum Gasteiger partial charge on any atom is 0.312 e. The van der Waals surface area contributed by atoms with Gasteiger partial charge in [-0.05, 0) is 17.7 Å². The van der Waals surface area contributed by atoms with Gasteiger partial charge in [-0.3, -0.25) is 14.9 Å². The Morgan fingerprint density at radius 2 is 2.00 bits per heavy atom. The largest absolute Gasteiger partial charge is 0.469 e. The molecule has 1 heterocycles. The minimum Gasteiger partial charge on any atom is -0.469 e. The van der Waals surface area contributed by atoms with Crippen LogP contribution in [-0.2, 0) is 9.53 Å². The minimum absolute atomic E-state index is 0.0522. The number of hydrogen-bond donors (Lipinski definition) is 1. The Hall–Kier alpha value is -1.64. The molecule has 1 aliphatic rings. The van der Waals surface area contributed by atoms with E-state index < -0.39 is 22.9 Å². The zero-order valence-corrected chi connectivity index (χ0v) is 13.7. The number of esters is 1. The molecule has 8 heteroatoms. The number of rotatable bonds is 6. The third-order valence-electron chi connectivity index (χ3n) is 3.89. The van der Waals surface area contributed by atoms with Gasteiger partial charge in [-0.1, -0.05) is 0 Å². The normalized spacial score (nSPS) is 18.2. The lowest BCUT2D eigenvalue weighted by atomic mass is 9.95. The lowest BCUT2D eigenvalue weighted by Gasteiger charge is -2.31. The third-order valence-corrected chi connectivity index (χ3v) is 4.83. The summed E-state index contributed by atoms with van der Waals surface area (Å²) in [5.74, 6) is 0.807. The van der Waals surface area contributed by atoms with E-state index in [-0.39, 0.29) is 5.69 Å². The third kappa shape index (κ3) is 4.66. The van der Waals surface area contributed by atoms with E-state index in [0.29, 0.717) is 12.1 Å². The number of benzene rings is 1. The molecule has 0 radical (unpaired) electrons. The number of carbonyl (C=O) groups excluding carboxylic acids is 1. The zero-order valence-electron chi connectivity index (χ0n) is 12.9. The van der Waals surface area contributed by atoms with Crippen molar-refractivity contribution in [1.82, 2.24) is 4.90 Å². The Balaban J connectivity index is 2.13. The van der Waals surface area contributed by atoms with Crippen LogP contribution in [0.25, 0.3) is 0 Å². The van der Waals surface area contributed by atoms with E-state index in [2.05, 4.69) is 4.90 Å². The Bertz CT molecular complexity index is 545. The fourth-order valence-electron chi connectivity index (χ4n) is 2.54. The second kappa shape index (κ2) is 8.28. The van der Waals surface area contributed by atoms with Crippen molar-refractivity contribution >= 4 is 23.4 Å². The molecule has 0 bridgehead atoms. The number of nitro benzene ring substituents is 1. The second-order valence-electron chi connectivity index (χ2n) is 5.34. The van der Waals surface area contributed by atoms with Gasteiger partial charge in [-0.2, -0.15) is 11.8 Å². The van der Waals surface area contributed by atoms with Gasteiger partial charge >= 0.3 is 5.97 Å². The van der Waals surface area contributed by atoms with Gasteiger partial charge in [0, 0.05) is 43.3 Å². The first-order valence-corrected chi connectivity index (χ1v) is 8.48. The highest BCUT2D eigenvalue weighted by molar-refractivity contribution is 7.99. The predicted octanol–water partition coefficient (Wildman–Crippen LogP) is 1.47. The molecule has 0 aliphatic carbocycles. The fraction of sp³-hybridized carbons (Fsp3) is 0.533. The molecule has 1 aliphatic heterocycles. The monoisotopic (exact) mass is 340 g/mol. The van der Waals surface area contributed by atoms with Crippen molar-refractivity contribution in [2.45, 2.75) is 6.10 Å². The molecule has 0 aromatic heterocycles. The van der Waals surface area contributed by atoms with Gasteiger partial charge in [0.05, 0.1) is 24.1 Å². The van der Waals surface area contributed by atoms with Crippen LogP contribution < -0.4 is 0 Å². The smallest absolute Gasteiger partial charge is 0.312 e. The first-order valence-electron chi connectivity index (χ1n) is 7.33. The average Bonchev–Trinajstić information content (AvgIpc) is 2.59. The van der Waals surface area contributed by atoms with Gasteiger partial charge in [0.2, 0.25) is 0 Å². The summed E-state index contributed by atoms with van der Waals surface area (Å²) >= 11 is 1.86. The van der Waals surface area contributed by atoms with Gasteiger partial charge in [0.15, 0.2) is 0 Å². The van der Waals surface area contributed by atoms with Crippen molar-refractivity contribution < 1.29 is 19.6 Å². The van der Waals surface area contributed by atoms with Crippen LogP contribution in [0.3, 0.4) is 0 Å². The van der Waals surface area contributed by atoms with Gasteiger partial charge in [0.25, 0.3) is 5.69 Å². The molecule has 1 aromatic carbocycles. The summed E-state index contributed by atoms with van der Waals surface area (Å²) in [7, 11) is 1.30. The molecule has 0 spiro atoms. The Labute approximate surface area is 138 Å². The zero-order chi connectivity index (χ0) is 16.8. The van der Waals surface area contributed by atoms with E-state index in [0.717, 1.165) is 24.6 Å². The maximum atomic E-state index is 12.1. The van der Waals surface area contributed by atoms with Crippen molar-refractivity contribution in [2.24, 2.45) is 5.92 Å². The number of ether oxygens (including phenoxy) is 1. The summed E-state index contributed by atoms with van der Waals surface area (Å²) in [5.41, 5.74) is 0.418. The molecule has 126 valence electrons. The first-order chi connectivity index (χ1) is 11.0. The molecule has 2 atom stereocenters. The van der Waals surface area contributed by atoms with E-state index in [9.17, 15) is 20.0 Å². The highest BCUT2D eigenvalue weighted by atomic mass is 32.2. The summed E-state index contributed by atoms with van der Waals surface area (Å²) in [5, 5.41) is 21.2. The van der Waals surface area contributed by atoms with E-state index in [4.69, 9.17) is 4.74 Å². The molecular weight excluding hydrogens is 320 g/mol. The lowest BCUT2D eigenvalue weighted by molar-refractivity contribution is -0.384. The van der Waals surface area contributed by atoms with E-state index >= 15 is 0 Å². The standard InChI is InChI=1S/C15H20N2O5S/c1-22-15(19)13(10-16-6-8-23-9-7-16)14(18)11-2-4-12(5-3-11)17(20)21/h2-5,13-14,18H,6-10H2,1H3. The molecule has 1 saturated heterocycles.